The highest BCUT2D eigenvalue weighted by Crippen LogP contribution is 2.33. The van der Waals surface area contributed by atoms with E-state index in [0.29, 0.717) is 28.4 Å². The maximum atomic E-state index is 13.2. The van der Waals surface area contributed by atoms with Gasteiger partial charge in [-0.3, -0.25) is 9.59 Å². The molecular formula is C18H23N3O2. The van der Waals surface area contributed by atoms with E-state index < -0.39 is 0 Å². The number of hydrogen-bond donors (Lipinski definition) is 1. The number of nitrogens with one attached hydrogen (secondary N) is 1. The highest BCUT2D eigenvalue weighted by atomic mass is 16.2. The number of benzene rings is 1. The lowest BCUT2D eigenvalue weighted by atomic mass is 9.98. The van der Waals surface area contributed by atoms with E-state index in [1.807, 2.05) is 11.0 Å². The molecule has 5 heteroatoms. The van der Waals surface area contributed by atoms with E-state index in [9.17, 15) is 9.59 Å². The molecule has 3 rings (SSSR count). The van der Waals surface area contributed by atoms with E-state index in [1.54, 1.807) is 18.2 Å². The first kappa shape index (κ1) is 15.7. The van der Waals surface area contributed by atoms with Crippen molar-refractivity contribution in [2.24, 2.45) is 5.92 Å². The highest BCUT2D eigenvalue weighted by Gasteiger charge is 2.38. The lowest BCUT2D eigenvalue weighted by Gasteiger charge is -2.33. The van der Waals surface area contributed by atoms with Crippen molar-refractivity contribution in [1.82, 2.24) is 15.1 Å². The zero-order valence-electron chi connectivity index (χ0n) is 13.9. The molecule has 122 valence electrons. The highest BCUT2D eigenvalue weighted by molar-refractivity contribution is 6.05. The predicted octanol–water partition coefficient (Wildman–Crippen LogP) is 2.96. The van der Waals surface area contributed by atoms with Gasteiger partial charge in [0.05, 0.1) is 5.39 Å². The number of hydrogen-bond acceptors (Lipinski definition) is 3. The van der Waals surface area contributed by atoms with Gasteiger partial charge in [0.25, 0.3) is 11.5 Å². The minimum Gasteiger partial charge on any atom is -0.331 e. The van der Waals surface area contributed by atoms with Crippen molar-refractivity contribution >= 4 is 16.7 Å². The van der Waals surface area contributed by atoms with Crippen LogP contribution >= 0.6 is 0 Å². The summed E-state index contributed by atoms with van der Waals surface area (Å²) in [4.78, 5) is 27.0. The summed E-state index contributed by atoms with van der Waals surface area (Å²) in [5, 5.41) is 7.68. The quantitative estimate of drug-likeness (QED) is 0.923. The van der Waals surface area contributed by atoms with Gasteiger partial charge in [-0.25, -0.2) is 5.10 Å². The normalized spacial score (nSPS) is 17.0. The van der Waals surface area contributed by atoms with Crippen molar-refractivity contribution in [3.05, 3.63) is 40.3 Å². The Kier molecular flexibility index (Phi) is 4.20. The van der Waals surface area contributed by atoms with Crippen LogP contribution in [0, 0.1) is 5.92 Å². The Balaban J connectivity index is 2.05. The van der Waals surface area contributed by atoms with E-state index in [-0.39, 0.29) is 17.5 Å². The Morgan fingerprint density at radius 3 is 2.57 bits per heavy atom. The second-order valence-electron chi connectivity index (χ2n) is 6.52. The lowest BCUT2D eigenvalue weighted by Crippen LogP contribution is -2.44. The van der Waals surface area contributed by atoms with Crippen LogP contribution in [0.15, 0.2) is 29.1 Å². The van der Waals surface area contributed by atoms with E-state index in [2.05, 4.69) is 31.0 Å². The van der Waals surface area contributed by atoms with E-state index in [1.165, 1.54) is 0 Å². The first-order valence-corrected chi connectivity index (χ1v) is 8.34. The largest absolute Gasteiger partial charge is 0.331 e. The van der Waals surface area contributed by atoms with E-state index in [0.717, 1.165) is 19.3 Å². The monoisotopic (exact) mass is 313 g/mol. The topological polar surface area (TPSA) is 66.1 Å². The number of amides is 1. The number of rotatable bonds is 5. The van der Waals surface area contributed by atoms with Crippen molar-refractivity contribution in [3.63, 3.8) is 0 Å². The summed E-state index contributed by atoms with van der Waals surface area (Å²) in [5.41, 5.74) is 0.0901. The Morgan fingerprint density at radius 2 is 1.96 bits per heavy atom. The molecule has 0 aliphatic heterocycles. The molecule has 0 bridgehead atoms. The molecule has 2 atom stereocenters. The van der Waals surface area contributed by atoms with Crippen LogP contribution < -0.4 is 5.56 Å². The first-order valence-electron chi connectivity index (χ1n) is 8.34. The van der Waals surface area contributed by atoms with Gasteiger partial charge in [-0.2, -0.15) is 5.10 Å². The fourth-order valence-corrected chi connectivity index (χ4v) is 3.05. The molecule has 2 aromatic rings. The van der Waals surface area contributed by atoms with Crippen LogP contribution in [-0.4, -0.2) is 33.1 Å². The maximum Gasteiger partial charge on any atom is 0.275 e. The molecule has 1 aromatic heterocycles. The fraction of sp³-hybridized carbons (Fsp3) is 0.500. The Labute approximate surface area is 135 Å². The molecule has 1 fully saturated rings. The van der Waals surface area contributed by atoms with Crippen molar-refractivity contribution in [2.45, 2.75) is 52.1 Å². The third-order valence-electron chi connectivity index (χ3n) is 4.98. The summed E-state index contributed by atoms with van der Waals surface area (Å²) in [6.07, 6.45) is 3.12. The molecule has 1 saturated carbocycles. The summed E-state index contributed by atoms with van der Waals surface area (Å²) < 4.78 is 0. The van der Waals surface area contributed by atoms with Gasteiger partial charge < -0.3 is 4.90 Å². The molecule has 23 heavy (non-hydrogen) atoms. The van der Waals surface area contributed by atoms with Crippen LogP contribution in [0.25, 0.3) is 10.8 Å². The molecule has 0 radical (unpaired) electrons. The van der Waals surface area contributed by atoms with Crippen LogP contribution in [0.4, 0.5) is 0 Å². The molecule has 5 nitrogen and oxygen atoms in total. The summed E-state index contributed by atoms with van der Waals surface area (Å²) >= 11 is 0. The van der Waals surface area contributed by atoms with E-state index >= 15 is 0 Å². The van der Waals surface area contributed by atoms with Crippen molar-refractivity contribution in [1.29, 1.82) is 0 Å². The van der Waals surface area contributed by atoms with Crippen LogP contribution in [-0.2, 0) is 0 Å². The third kappa shape index (κ3) is 2.87. The summed E-state index contributed by atoms with van der Waals surface area (Å²) in [7, 11) is 0. The van der Waals surface area contributed by atoms with Gasteiger partial charge in [-0.15, -0.1) is 0 Å². The Morgan fingerprint density at radius 1 is 1.30 bits per heavy atom. The minimum atomic E-state index is -0.259. The summed E-state index contributed by atoms with van der Waals surface area (Å²) in [6.45, 7) is 6.42. The van der Waals surface area contributed by atoms with Gasteiger partial charge in [0.1, 0.15) is 0 Å². The minimum absolute atomic E-state index is 0.0762. The number of aromatic amines is 1. The average Bonchev–Trinajstić information content (AvgIpc) is 3.39. The molecule has 1 N–H and O–H groups in total. The third-order valence-corrected chi connectivity index (χ3v) is 4.98. The molecule has 1 heterocycles. The number of carbonyl (C=O) groups is 1. The second-order valence-corrected chi connectivity index (χ2v) is 6.52. The number of H-pyrrole nitrogens is 1. The van der Waals surface area contributed by atoms with Crippen molar-refractivity contribution in [2.75, 3.05) is 0 Å². The van der Waals surface area contributed by atoms with Gasteiger partial charge >= 0.3 is 0 Å². The second kappa shape index (κ2) is 6.14. The maximum absolute atomic E-state index is 13.2. The number of carbonyl (C=O) groups excluding carboxylic acids is 1. The fourth-order valence-electron chi connectivity index (χ4n) is 3.05. The SMILES string of the molecule is CCC(C)C(C)N(C(=O)c1n[nH]c(=O)c2ccccc12)C1CC1. The zero-order chi connectivity index (χ0) is 16.6. The van der Waals surface area contributed by atoms with Crippen LogP contribution in [0.1, 0.15) is 50.5 Å². The smallest absolute Gasteiger partial charge is 0.275 e. The Bertz CT molecular complexity index is 779. The van der Waals surface area contributed by atoms with Gasteiger partial charge in [0.15, 0.2) is 5.69 Å². The number of fused-ring (bicyclic) bond motifs is 1. The van der Waals surface area contributed by atoms with Gasteiger partial charge in [-0.05, 0) is 31.7 Å². The van der Waals surface area contributed by atoms with Gasteiger partial charge in [0.2, 0.25) is 0 Å². The molecule has 0 spiro atoms. The van der Waals surface area contributed by atoms with Crippen LogP contribution in [0.2, 0.25) is 0 Å². The molecule has 2 unspecified atom stereocenters. The molecule has 1 aliphatic rings. The number of aromatic nitrogens is 2. The summed E-state index contributed by atoms with van der Waals surface area (Å²) in [6, 6.07) is 7.62. The lowest BCUT2D eigenvalue weighted by molar-refractivity contribution is 0.0610. The number of nitrogens with zero attached hydrogens (tertiary/aromatic N) is 2. The summed E-state index contributed by atoms with van der Waals surface area (Å²) in [5.74, 6) is 0.348. The molecular weight excluding hydrogens is 290 g/mol. The van der Waals surface area contributed by atoms with Crippen LogP contribution in [0.3, 0.4) is 0 Å². The standard InChI is InChI=1S/C18H23N3O2/c1-4-11(2)12(3)21(13-9-10-13)18(23)16-14-7-5-6-8-15(14)17(22)20-19-16/h5-8,11-13H,4,9-10H2,1-3H3,(H,20,22). The van der Waals surface area contributed by atoms with Gasteiger partial charge in [-0.1, -0.05) is 38.5 Å². The predicted molar refractivity (Wildman–Crippen MR) is 90.5 cm³/mol. The molecule has 0 saturated heterocycles. The average molecular weight is 313 g/mol. The molecule has 1 aromatic carbocycles. The first-order chi connectivity index (χ1) is 11.0. The van der Waals surface area contributed by atoms with Crippen molar-refractivity contribution < 1.29 is 4.79 Å². The van der Waals surface area contributed by atoms with Gasteiger partial charge in [0, 0.05) is 17.5 Å². The van der Waals surface area contributed by atoms with E-state index in [4.69, 9.17) is 0 Å². The van der Waals surface area contributed by atoms with Crippen LogP contribution in [0.5, 0.6) is 0 Å². The van der Waals surface area contributed by atoms with Crippen molar-refractivity contribution in [3.8, 4) is 0 Å². The Hall–Kier alpha value is -2.17. The molecule has 1 aliphatic carbocycles. The molecule has 1 amide bonds. The zero-order valence-corrected chi connectivity index (χ0v) is 13.9.